The van der Waals surface area contributed by atoms with Crippen molar-refractivity contribution in [3.63, 3.8) is 0 Å². The van der Waals surface area contributed by atoms with Crippen molar-refractivity contribution in [2.75, 3.05) is 17.3 Å². The number of nitrogen functional groups attached to an aromatic ring is 1. The zero-order valence-corrected chi connectivity index (χ0v) is 16.5. The van der Waals surface area contributed by atoms with Gasteiger partial charge in [0.05, 0.1) is 0 Å². The lowest BCUT2D eigenvalue weighted by Gasteiger charge is -2.09. The van der Waals surface area contributed by atoms with E-state index in [-0.39, 0.29) is 16.5 Å². The number of hydrogen-bond acceptors (Lipinski definition) is 7. The second-order valence-corrected chi connectivity index (χ2v) is 8.56. The lowest BCUT2D eigenvalue weighted by molar-refractivity contribution is 0.256. The molecule has 0 atom stereocenters. The fourth-order valence-electron chi connectivity index (χ4n) is 2.21. The van der Waals surface area contributed by atoms with E-state index in [2.05, 4.69) is 26.2 Å². The maximum Gasteiger partial charge on any atom is 0.334 e. The minimum atomic E-state index is -4.15. The second-order valence-electron chi connectivity index (χ2n) is 5.12. The minimum Gasteiger partial charge on any atom is -0.463 e. The van der Waals surface area contributed by atoms with Crippen molar-refractivity contribution >= 4 is 66.4 Å². The average molecular weight is 457 g/mol. The van der Waals surface area contributed by atoms with Crippen LogP contribution in [0, 0.1) is 0 Å². The highest BCUT2D eigenvalue weighted by Gasteiger charge is 2.23. The van der Waals surface area contributed by atoms with Gasteiger partial charge in [0, 0.05) is 14.8 Å². The summed E-state index contributed by atoms with van der Waals surface area (Å²) in [6.45, 7) is 0. The number of aromatic nitrogens is 1. The summed E-state index contributed by atoms with van der Waals surface area (Å²) < 4.78 is 32.9. The molecule has 0 fully saturated rings. The fourth-order valence-corrected chi connectivity index (χ4v) is 4.07. The molecular weight excluding hydrogens is 444 g/mol. The third kappa shape index (κ3) is 3.94. The van der Waals surface area contributed by atoms with Gasteiger partial charge < -0.3 is 10.2 Å². The first kappa shape index (κ1) is 18.5. The van der Waals surface area contributed by atoms with E-state index in [1.807, 2.05) is 11.0 Å². The van der Waals surface area contributed by atoms with Crippen LogP contribution in [0.25, 0.3) is 11.0 Å². The van der Waals surface area contributed by atoms with Crippen LogP contribution in [0.4, 0.5) is 16.4 Å². The molecule has 2 heterocycles. The van der Waals surface area contributed by atoms with Gasteiger partial charge in [-0.1, -0.05) is 15.9 Å². The molecule has 0 aliphatic carbocycles. The molecule has 0 aliphatic heterocycles. The van der Waals surface area contributed by atoms with Crippen LogP contribution in [0.15, 0.2) is 55.3 Å². The van der Waals surface area contributed by atoms with E-state index in [0.29, 0.717) is 15.4 Å². The SMILES string of the molecule is CSc1cc(N)nc(NC(=O)NS(=O)(=O)c2coc3ccc(Br)cc23)c1. The van der Waals surface area contributed by atoms with Gasteiger partial charge in [0.25, 0.3) is 10.0 Å². The number of halogens is 1. The molecule has 4 N–H and O–H groups in total. The van der Waals surface area contributed by atoms with Gasteiger partial charge in [0.15, 0.2) is 0 Å². The summed E-state index contributed by atoms with van der Waals surface area (Å²) in [5, 5.41) is 2.71. The number of hydrogen-bond donors (Lipinski definition) is 3. The summed E-state index contributed by atoms with van der Waals surface area (Å²) >= 11 is 4.69. The normalized spacial score (nSPS) is 11.5. The topological polar surface area (TPSA) is 127 Å². The number of benzene rings is 1. The number of sulfonamides is 1. The van der Waals surface area contributed by atoms with Crippen molar-refractivity contribution < 1.29 is 17.6 Å². The molecule has 11 heteroatoms. The molecule has 136 valence electrons. The van der Waals surface area contributed by atoms with Crippen LogP contribution in [0.5, 0.6) is 0 Å². The first-order valence-corrected chi connectivity index (χ1v) is 10.6. The predicted molar refractivity (Wildman–Crippen MR) is 104 cm³/mol. The van der Waals surface area contributed by atoms with Gasteiger partial charge in [-0.05, 0) is 36.6 Å². The number of nitrogens with zero attached hydrogens (tertiary/aromatic N) is 1. The Labute approximate surface area is 161 Å². The number of furan rings is 1. The maximum absolute atomic E-state index is 12.5. The van der Waals surface area contributed by atoms with E-state index in [4.69, 9.17) is 10.2 Å². The van der Waals surface area contributed by atoms with Crippen LogP contribution < -0.4 is 15.8 Å². The molecule has 0 radical (unpaired) electrons. The number of carbonyl (C=O) groups excluding carboxylic acids is 1. The summed E-state index contributed by atoms with van der Waals surface area (Å²) in [5.41, 5.74) is 6.05. The molecule has 26 heavy (non-hydrogen) atoms. The minimum absolute atomic E-state index is 0.141. The van der Waals surface area contributed by atoms with Crippen LogP contribution in [0.1, 0.15) is 0 Å². The van der Waals surface area contributed by atoms with Crippen molar-refractivity contribution in [1.29, 1.82) is 0 Å². The first-order chi connectivity index (χ1) is 12.3. The van der Waals surface area contributed by atoms with Crippen molar-refractivity contribution in [2.24, 2.45) is 0 Å². The molecule has 0 saturated heterocycles. The molecular formula is C15H13BrN4O4S2. The van der Waals surface area contributed by atoms with Gasteiger partial charge in [-0.2, -0.15) is 0 Å². The van der Waals surface area contributed by atoms with E-state index in [1.165, 1.54) is 11.8 Å². The number of nitrogens with one attached hydrogen (secondary N) is 2. The highest BCUT2D eigenvalue weighted by atomic mass is 79.9. The summed E-state index contributed by atoms with van der Waals surface area (Å²) in [7, 11) is -4.15. The number of anilines is 2. The molecule has 8 nitrogen and oxygen atoms in total. The highest BCUT2D eigenvalue weighted by Crippen LogP contribution is 2.28. The van der Waals surface area contributed by atoms with E-state index < -0.39 is 16.1 Å². The maximum atomic E-state index is 12.5. The Hall–Kier alpha value is -2.24. The molecule has 2 aromatic heterocycles. The van der Waals surface area contributed by atoms with Gasteiger partial charge in [0.1, 0.15) is 28.4 Å². The van der Waals surface area contributed by atoms with Crippen LogP contribution >= 0.6 is 27.7 Å². The number of rotatable bonds is 4. The molecule has 3 aromatic rings. The standard InChI is InChI=1S/C15H13BrN4O4S2/c1-25-9-5-13(17)18-14(6-9)19-15(21)20-26(22,23)12-7-24-11-3-2-8(16)4-10(11)12/h2-7H,1H3,(H4,17,18,19,20,21). The summed E-state index contributed by atoms with van der Waals surface area (Å²) in [6, 6.07) is 7.20. The van der Waals surface area contributed by atoms with Crippen molar-refractivity contribution in [1.82, 2.24) is 9.71 Å². The smallest absolute Gasteiger partial charge is 0.334 e. The monoisotopic (exact) mass is 456 g/mol. The Morgan fingerprint density at radius 1 is 1.31 bits per heavy atom. The zero-order chi connectivity index (χ0) is 18.9. The molecule has 0 spiro atoms. The largest absolute Gasteiger partial charge is 0.463 e. The van der Waals surface area contributed by atoms with E-state index in [0.717, 1.165) is 11.2 Å². The number of thioether (sulfide) groups is 1. The van der Waals surface area contributed by atoms with Gasteiger partial charge >= 0.3 is 6.03 Å². The van der Waals surface area contributed by atoms with Gasteiger partial charge in [-0.15, -0.1) is 11.8 Å². The number of amides is 2. The predicted octanol–water partition coefficient (Wildman–Crippen LogP) is 3.40. The van der Waals surface area contributed by atoms with Gasteiger partial charge in [0.2, 0.25) is 0 Å². The molecule has 3 rings (SSSR count). The molecule has 0 bridgehead atoms. The molecule has 2 amide bonds. The Morgan fingerprint density at radius 3 is 2.81 bits per heavy atom. The Balaban J connectivity index is 1.83. The third-order valence-electron chi connectivity index (χ3n) is 3.31. The third-order valence-corrected chi connectivity index (χ3v) is 5.86. The number of carbonyl (C=O) groups is 1. The quantitative estimate of drug-likeness (QED) is 0.513. The van der Waals surface area contributed by atoms with Crippen LogP contribution in [-0.4, -0.2) is 25.7 Å². The summed E-state index contributed by atoms with van der Waals surface area (Å²) in [4.78, 5) is 16.7. The van der Waals surface area contributed by atoms with Crippen LogP contribution in [0.2, 0.25) is 0 Å². The Morgan fingerprint density at radius 2 is 2.08 bits per heavy atom. The second kappa shape index (κ2) is 7.17. The first-order valence-electron chi connectivity index (χ1n) is 7.10. The summed E-state index contributed by atoms with van der Waals surface area (Å²) in [6.07, 6.45) is 2.92. The zero-order valence-electron chi connectivity index (χ0n) is 13.3. The van der Waals surface area contributed by atoms with Crippen molar-refractivity contribution in [3.8, 4) is 0 Å². The molecule has 0 aliphatic rings. The lowest BCUT2D eigenvalue weighted by Crippen LogP contribution is -2.34. The van der Waals surface area contributed by atoms with Crippen LogP contribution in [-0.2, 0) is 10.0 Å². The van der Waals surface area contributed by atoms with Crippen molar-refractivity contribution in [3.05, 3.63) is 41.1 Å². The number of fused-ring (bicyclic) bond motifs is 1. The van der Waals surface area contributed by atoms with E-state index in [9.17, 15) is 13.2 Å². The Kier molecular flexibility index (Phi) is 5.12. The fraction of sp³-hybridized carbons (Fsp3) is 0.0667. The number of pyridine rings is 1. The van der Waals surface area contributed by atoms with Gasteiger partial charge in [-0.3, -0.25) is 5.32 Å². The number of nitrogens with two attached hydrogens (primary N) is 1. The summed E-state index contributed by atoms with van der Waals surface area (Å²) in [5.74, 6) is 0.350. The van der Waals surface area contributed by atoms with Gasteiger partial charge in [-0.25, -0.2) is 22.9 Å². The number of urea groups is 1. The lowest BCUT2D eigenvalue weighted by atomic mass is 10.3. The Bertz CT molecular complexity index is 1100. The van der Waals surface area contributed by atoms with Crippen LogP contribution in [0.3, 0.4) is 0 Å². The average Bonchev–Trinajstić information content (AvgIpc) is 2.97. The molecule has 0 saturated carbocycles. The van der Waals surface area contributed by atoms with E-state index in [1.54, 1.807) is 30.3 Å². The van der Waals surface area contributed by atoms with Crippen molar-refractivity contribution in [2.45, 2.75) is 9.79 Å². The molecule has 0 unspecified atom stereocenters. The highest BCUT2D eigenvalue weighted by molar-refractivity contribution is 9.10. The molecule has 1 aromatic carbocycles. The van der Waals surface area contributed by atoms with E-state index >= 15 is 0 Å².